The number of nitrogens with one attached hydrogen (secondary N) is 1. The predicted octanol–water partition coefficient (Wildman–Crippen LogP) is 0.801. The fraction of sp³-hybridized carbons (Fsp3) is 0.600. The molecule has 2 heterocycles. The summed E-state index contributed by atoms with van der Waals surface area (Å²) in [5.41, 5.74) is 1.40. The van der Waals surface area contributed by atoms with Crippen LogP contribution in [0.15, 0.2) is 6.07 Å². The van der Waals surface area contributed by atoms with E-state index in [1.54, 1.807) is 18.1 Å². The van der Waals surface area contributed by atoms with Crippen LogP contribution >= 0.6 is 0 Å². The molecule has 1 aromatic rings. The summed E-state index contributed by atoms with van der Waals surface area (Å²) in [4.78, 5) is 11.9. The number of nitrogens with zero attached hydrogens (tertiary/aromatic N) is 3. The van der Waals surface area contributed by atoms with Gasteiger partial charge in [-0.05, 0) is 25.8 Å². The molecule has 1 aromatic heterocycles. The maximum atomic E-state index is 11.9. The second kappa shape index (κ2) is 4.02. The van der Waals surface area contributed by atoms with Gasteiger partial charge in [-0.3, -0.25) is 14.9 Å². The summed E-state index contributed by atoms with van der Waals surface area (Å²) in [6.45, 7) is 3.82. The molecule has 82 valence electrons. The Morgan fingerprint density at radius 3 is 2.73 bits per heavy atom. The van der Waals surface area contributed by atoms with Crippen molar-refractivity contribution < 1.29 is 4.79 Å². The van der Waals surface area contributed by atoms with Crippen molar-refractivity contribution in [1.29, 1.82) is 0 Å². The number of aromatic amines is 1. The van der Waals surface area contributed by atoms with Gasteiger partial charge >= 0.3 is 0 Å². The summed E-state index contributed by atoms with van der Waals surface area (Å²) in [6, 6.07) is 1.77. The Kier molecular flexibility index (Phi) is 2.73. The summed E-state index contributed by atoms with van der Waals surface area (Å²) in [5, 5.41) is 10.5. The Morgan fingerprint density at radius 1 is 1.53 bits per heavy atom. The Morgan fingerprint density at radius 2 is 2.20 bits per heavy atom. The van der Waals surface area contributed by atoms with Crippen LogP contribution in [0.1, 0.15) is 29.0 Å². The van der Waals surface area contributed by atoms with Crippen LogP contribution in [-0.4, -0.2) is 46.3 Å². The Hall–Kier alpha value is -1.36. The zero-order valence-electron chi connectivity index (χ0n) is 9.16. The van der Waals surface area contributed by atoms with Crippen LogP contribution in [-0.2, 0) is 0 Å². The van der Waals surface area contributed by atoms with Gasteiger partial charge in [0.1, 0.15) is 0 Å². The van der Waals surface area contributed by atoms with Crippen molar-refractivity contribution in [2.75, 3.05) is 20.1 Å². The molecule has 0 bridgehead atoms. The van der Waals surface area contributed by atoms with Crippen LogP contribution in [0.25, 0.3) is 0 Å². The van der Waals surface area contributed by atoms with Crippen molar-refractivity contribution in [3.63, 3.8) is 0 Å². The molecular weight excluding hydrogens is 192 g/mol. The van der Waals surface area contributed by atoms with E-state index >= 15 is 0 Å². The number of hydrogen-bond acceptors (Lipinski definition) is 3. The number of carbonyl (C=O) groups excluding carboxylic acids is 1. The molecule has 1 amide bonds. The number of hydrazine groups is 1. The third-order valence-corrected chi connectivity index (χ3v) is 2.73. The lowest BCUT2D eigenvalue weighted by atomic mass is 10.3. The molecule has 0 aliphatic carbocycles. The highest BCUT2D eigenvalue weighted by Crippen LogP contribution is 2.12. The average molecular weight is 208 g/mol. The van der Waals surface area contributed by atoms with Gasteiger partial charge in [0.25, 0.3) is 5.91 Å². The minimum atomic E-state index is -0.0405. The van der Waals surface area contributed by atoms with E-state index in [2.05, 4.69) is 15.2 Å². The van der Waals surface area contributed by atoms with E-state index in [0.717, 1.165) is 31.6 Å². The third-order valence-electron chi connectivity index (χ3n) is 2.73. The first-order valence-corrected chi connectivity index (χ1v) is 5.23. The highest BCUT2D eigenvalue weighted by molar-refractivity contribution is 5.91. The molecule has 5 heteroatoms. The number of carbonyl (C=O) groups is 1. The maximum absolute atomic E-state index is 11.9. The van der Waals surface area contributed by atoms with Gasteiger partial charge in [-0.25, -0.2) is 5.01 Å². The molecule has 0 saturated carbocycles. The molecule has 1 N–H and O–H groups in total. The van der Waals surface area contributed by atoms with Crippen LogP contribution in [0, 0.1) is 6.92 Å². The largest absolute Gasteiger partial charge is 0.288 e. The fourth-order valence-electron chi connectivity index (χ4n) is 1.82. The van der Waals surface area contributed by atoms with E-state index in [9.17, 15) is 4.79 Å². The lowest BCUT2D eigenvalue weighted by Crippen LogP contribution is -2.42. The number of aryl methyl sites for hydroxylation is 1. The molecule has 2 rings (SSSR count). The minimum Gasteiger partial charge on any atom is -0.282 e. The number of hydrogen-bond donors (Lipinski definition) is 1. The molecule has 1 aliphatic heterocycles. The van der Waals surface area contributed by atoms with Crippen molar-refractivity contribution in [3.05, 3.63) is 17.5 Å². The summed E-state index contributed by atoms with van der Waals surface area (Å²) < 4.78 is 0. The van der Waals surface area contributed by atoms with Gasteiger partial charge in [-0.15, -0.1) is 0 Å². The molecule has 1 aliphatic rings. The zero-order valence-corrected chi connectivity index (χ0v) is 9.16. The highest BCUT2D eigenvalue weighted by Gasteiger charge is 2.22. The van der Waals surface area contributed by atoms with E-state index in [1.165, 1.54) is 0 Å². The highest BCUT2D eigenvalue weighted by atomic mass is 16.2. The molecule has 0 spiro atoms. The molecule has 1 saturated heterocycles. The predicted molar refractivity (Wildman–Crippen MR) is 56.2 cm³/mol. The number of rotatable bonds is 2. The molecule has 5 nitrogen and oxygen atoms in total. The van der Waals surface area contributed by atoms with E-state index in [4.69, 9.17) is 0 Å². The van der Waals surface area contributed by atoms with Crippen molar-refractivity contribution in [2.45, 2.75) is 19.8 Å². The standard InChI is InChI=1S/C10H16N4O/c1-8-7-9(12-11-8)10(15)13(2)14-5-3-4-6-14/h7H,3-6H2,1-2H3,(H,11,12). The molecule has 1 fully saturated rings. The SMILES string of the molecule is Cc1cc(C(=O)N(C)N2CCCC2)n[nH]1. The van der Waals surface area contributed by atoms with Gasteiger partial charge in [-0.1, -0.05) is 0 Å². The second-order valence-electron chi connectivity index (χ2n) is 3.93. The summed E-state index contributed by atoms with van der Waals surface area (Å²) in [6.07, 6.45) is 2.33. The van der Waals surface area contributed by atoms with E-state index < -0.39 is 0 Å². The van der Waals surface area contributed by atoms with Crippen LogP contribution in [0.2, 0.25) is 0 Å². The molecule has 0 radical (unpaired) electrons. The Bertz CT molecular complexity index is 354. The van der Waals surface area contributed by atoms with Gasteiger partial charge in [0, 0.05) is 25.8 Å². The van der Waals surface area contributed by atoms with Gasteiger partial charge in [0.05, 0.1) is 0 Å². The first-order valence-electron chi connectivity index (χ1n) is 5.23. The fourth-order valence-corrected chi connectivity index (χ4v) is 1.82. The van der Waals surface area contributed by atoms with E-state index in [-0.39, 0.29) is 5.91 Å². The Labute approximate surface area is 89.0 Å². The maximum Gasteiger partial charge on any atom is 0.288 e. The number of H-pyrrole nitrogens is 1. The summed E-state index contributed by atoms with van der Waals surface area (Å²) in [5.74, 6) is -0.0405. The van der Waals surface area contributed by atoms with Gasteiger partial charge in [0.15, 0.2) is 5.69 Å². The lowest BCUT2D eigenvalue weighted by Gasteiger charge is -2.26. The van der Waals surface area contributed by atoms with Gasteiger partial charge in [-0.2, -0.15) is 5.10 Å². The summed E-state index contributed by atoms with van der Waals surface area (Å²) in [7, 11) is 1.80. The van der Waals surface area contributed by atoms with Gasteiger partial charge in [0.2, 0.25) is 0 Å². The smallest absolute Gasteiger partial charge is 0.282 e. The molecule has 0 atom stereocenters. The second-order valence-corrected chi connectivity index (χ2v) is 3.93. The zero-order chi connectivity index (χ0) is 10.8. The first kappa shape index (κ1) is 10.2. The van der Waals surface area contributed by atoms with Crippen LogP contribution in [0.4, 0.5) is 0 Å². The average Bonchev–Trinajstić information content (AvgIpc) is 2.85. The summed E-state index contributed by atoms with van der Waals surface area (Å²) >= 11 is 0. The monoisotopic (exact) mass is 208 g/mol. The van der Waals surface area contributed by atoms with Crippen LogP contribution in [0.3, 0.4) is 0 Å². The quantitative estimate of drug-likeness (QED) is 0.782. The lowest BCUT2D eigenvalue weighted by molar-refractivity contribution is 0.0193. The van der Waals surface area contributed by atoms with Gasteiger partial charge < -0.3 is 0 Å². The van der Waals surface area contributed by atoms with Crippen LogP contribution in [0.5, 0.6) is 0 Å². The molecule has 0 unspecified atom stereocenters. The minimum absolute atomic E-state index is 0.0405. The van der Waals surface area contributed by atoms with Crippen molar-refractivity contribution in [3.8, 4) is 0 Å². The molecule has 0 aromatic carbocycles. The van der Waals surface area contributed by atoms with E-state index in [0.29, 0.717) is 5.69 Å². The number of aromatic nitrogens is 2. The molecular formula is C10H16N4O. The third kappa shape index (κ3) is 2.02. The number of amides is 1. The van der Waals surface area contributed by atoms with Crippen molar-refractivity contribution >= 4 is 5.91 Å². The first-order chi connectivity index (χ1) is 7.18. The van der Waals surface area contributed by atoms with Crippen molar-refractivity contribution in [2.24, 2.45) is 0 Å². The molecule has 15 heavy (non-hydrogen) atoms. The van der Waals surface area contributed by atoms with Crippen LogP contribution < -0.4 is 0 Å². The topological polar surface area (TPSA) is 52.2 Å². The van der Waals surface area contributed by atoms with Crippen molar-refractivity contribution in [1.82, 2.24) is 20.2 Å². The normalized spacial score (nSPS) is 16.9. The van der Waals surface area contributed by atoms with E-state index in [1.807, 2.05) is 6.92 Å². The Balaban J connectivity index is 2.06.